The Morgan fingerprint density at radius 1 is 1.22 bits per heavy atom. The Labute approximate surface area is 136 Å². The maximum atomic E-state index is 12.5. The highest BCUT2D eigenvalue weighted by Crippen LogP contribution is 2.26. The molecule has 0 aromatic carbocycles. The van der Waals surface area contributed by atoms with E-state index >= 15 is 0 Å². The first-order chi connectivity index (χ1) is 11.1. The fourth-order valence-corrected chi connectivity index (χ4v) is 3.77. The summed E-state index contributed by atoms with van der Waals surface area (Å²) in [5, 5.41) is 0. The van der Waals surface area contributed by atoms with Crippen LogP contribution in [-0.2, 0) is 11.2 Å². The summed E-state index contributed by atoms with van der Waals surface area (Å²) >= 11 is 0. The summed E-state index contributed by atoms with van der Waals surface area (Å²) in [4.78, 5) is 28.1. The van der Waals surface area contributed by atoms with Gasteiger partial charge in [-0.3, -0.25) is 14.5 Å². The van der Waals surface area contributed by atoms with Crippen LogP contribution in [0.25, 0.3) is 0 Å². The molecule has 126 valence electrons. The summed E-state index contributed by atoms with van der Waals surface area (Å²) in [7, 11) is 0. The van der Waals surface area contributed by atoms with Gasteiger partial charge in [0, 0.05) is 25.6 Å². The van der Waals surface area contributed by atoms with Gasteiger partial charge in [-0.05, 0) is 44.4 Å². The van der Waals surface area contributed by atoms with Gasteiger partial charge < -0.3 is 15.1 Å². The summed E-state index contributed by atoms with van der Waals surface area (Å²) in [5.41, 5.74) is 5.50. The molecule has 1 aromatic heterocycles. The van der Waals surface area contributed by atoms with E-state index in [1.807, 2.05) is 17.9 Å². The zero-order valence-electron chi connectivity index (χ0n) is 13.7. The van der Waals surface area contributed by atoms with E-state index in [4.69, 9.17) is 10.2 Å². The summed E-state index contributed by atoms with van der Waals surface area (Å²) in [5.74, 6) is 1.01. The van der Waals surface area contributed by atoms with Gasteiger partial charge in [0.05, 0.1) is 6.04 Å². The monoisotopic (exact) mass is 319 g/mol. The van der Waals surface area contributed by atoms with Crippen molar-refractivity contribution < 1.29 is 14.0 Å². The highest BCUT2D eigenvalue weighted by Gasteiger charge is 2.36. The molecule has 3 rings (SSSR count). The van der Waals surface area contributed by atoms with Crippen LogP contribution in [-0.4, -0.2) is 53.3 Å². The van der Waals surface area contributed by atoms with Crippen LogP contribution in [0.1, 0.15) is 48.9 Å². The lowest BCUT2D eigenvalue weighted by Crippen LogP contribution is -2.51. The van der Waals surface area contributed by atoms with Crippen LogP contribution in [0.4, 0.5) is 0 Å². The zero-order chi connectivity index (χ0) is 16.4. The van der Waals surface area contributed by atoms with Gasteiger partial charge in [0.1, 0.15) is 5.76 Å². The van der Waals surface area contributed by atoms with E-state index in [1.54, 1.807) is 6.07 Å². The number of nitrogens with two attached hydrogens (primary N) is 1. The summed E-state index contributed by atoms with van der Waals surface area (Å²) in [6, 6.07) is 3.85. The second kappa shape index (κ2) is 6.74. The van der Waals surface area contributed by atoms with E-state index in [9.17, 15) is 9.59 Å². The number of carbonyl (C=O) groups is 2. The topological polar surface area (TPSA) is 79.8 Å². The van der Waals surface area contributed by atoms with Gasteiger partial charge in [0.2, 0.25) is 5.91 Å². The molecule has 23 heavy (non-hydrogen) atoms. The van der Waals surface area contributed by atoms with E-state index in [-0.39, 0.29) is 17.9 Å². The molecule has 0 spiro atoms. The maximum absolute atomic E-state index is 12.5. The quantitative estimate of drug-likeness (QED) is 0.909. The number of piperidine rings is 1. The molecular weight excluding hydrogens is 294 g/mol. The summed E-state index contributed by atoms with van der Waals surface area (Å²) in [6.45, 7) is 4.34. The van der Waals surface area contributed by atoms with Gasteiger partial charge >= 0.3 is 0 Å². The molecule has 0 aliphatic carbocycles. The third kappa shape index (κ3) is 3.27. The molecule has 6 nitrogen and oxygen atoms in total. The lowest BCUT2D eigenvalue weighted by molar-refractivity contribution is -0.123. The number of likely N-dealkylation sites (tertiary alicyclic amines) is 2. The number of furan rings is 1. The smallest absolute Gasteiger partial charge is 0.289 e. The summed E-state index contributed by atoms with van der Waals surface area (Å²) in [6.07, 6.45) is 4.45. The molecule has 0 saturated carbocycles. The third-order valence-electron chi connectivity index (χ3n) is 5.06. The van der Waals surface area contributed by atoms with Crippen LogP contribution in [0.15, 0.2) is 16.5 Å². The molecular formula is C17H25N3O3. The third-order valence-corrected chi connectivity index (χ3v) is 5.06. The number of carbonyl (C=O) groups excluding carboxylic acids is 2. The SMILES string of the molecule is CCc1ccc(C(=O)N2CCC(N3CCCC3C(N)=O)CC2)o1. The number of aryl methyl sites for hydroxylation is 1. The Morgan fingerprint density at radius 3 is 2.57 bits per heavy atom. The Hall–Kier alpha value is -1.82. The van der Waals surface area contributed by atoms with Crippen LogP contribution in [0, 0.1) is 0 Å². The molecule has 2 N–H and O–H groups in total. The Bertz CT molecular complexity index is 575. The van der Waals surface area contributed by atoms with Gasteiger partial charge in [-0.2, -0.15) is 0 Å². The van der Waals surface area contributed by atoms with Crippen molar-refractivity contribution >= 4 is 11.8 Å². The van der Waals surface area contributed by atoms with Crippen LogP contribution in [0.3, 0.4) is 0 Å². The first-order valence-electron chi connectivity index (χ1n) is 8.53. The van der Waals surface area contributed by atoms with Crippen LogP contribution in [0.2, 0.25) is 0 Å². The first kappa shape index (κ1) is 16.1. The molecule has 1 aromatic rings. The average molecular weight is 319 g/mol. The second-order valence-corrected chi connectivity index (χ2v) is 6.44. The fourth-order valence-electron chi connectivity index (χ4n) is 3.77. The Balaban J connectivity index is 1.58. The van der Waals surface area contributed by atoms with E-state index in [2.05, 4.69) is 4.90 Å². The highest BCUT2D eigenvalue weighted by atomic mass is 16.4. The van der Waals surface area contributed by atoms with Crippen molar-refractivity contribution in [2.45, 2.75) is 51.1 Å². The molecule has 1 atom stereocenters. The molecule has 3 heterocycles. The van der Waals surface area contributed by atoms with Crippen molar-refractivity contribution in [3.63, 3.8) is 0 Å². The predicted octanol–water partition coefficient (Wildman–Crippen LogP) is 1.40. The Morgan fingerprint density at radius 2 is 1.96 bits per heavy atom. The van der Waals surface area contributed by atoms with Crippen molar-refractivity contribution in [1.82, 2.24) is 9.80 Å². The van der Waals surface area contributed by atoms with Crippen molar-refractivity contribution in [2.75, 3.05) is 19.6 Å². The maximum Gasteiger partial charge on any atom is 0.289 e. The molecule has 0 radical (unpaired) electrons. The minimum absolute atomic E-state index is 0.0315. The highest BCUT2D eigenvalue weighted by molar-refractivity contribution is 5.91. The zero-order valence-corrected chi connectivity index (χ0v) is 13.7. The number of hydrogen-bond acceptors (Lipinski definition) is 4. The van der Waals surface area contributed by atoms with Crippen LogP contribution >= 0.6 is 0 Å². The first-order valence-corrected chi connectivity index (χ1v) is 8.53. The molecule has 2 saturated heterocycles. The number of hydrogen-bond donors (Lipinski definition) is 1. The average Bonchev–Trinajstić information content (AvgIpc) is 3.23. The predicted molar refractivity (Wildman–Crippen MR) is 85.9 cm³/mol. The second-order valence-electron chi connectivity index (χ2n) is 6.44. The minimum Gasteiger partial charge on any atom is -0.456 e. The lowest BCUT2D eigenvalue weighted by atomic mass is 10.0. The van der Waals surface area contributed by atoms with E-state index in [1.165, 1.54) is 0 Å². The molecule has 2 aliphatic heterocycles. The molecule has 1 unspecified atom stereocenters. The van der Waals surface area contributed by atoms with Gasteiger partial charge in [-0.15, -0.1) is 0 Å². The molecule has 0 bridgehead atoms. The standard InChI is InChI=1S/C17H25N3O3/c1-2-13-5-6-15(23-13)17(22)19-10-7-12(8-11-19)20-9-3-4-14(20)16(18)21/h5-6,12,14H,2-4,7-11H2,1H3,(H2,18,21). The van der Waals surface area contributed by atoms with E-state index < -0.39 is 0 Å². The fraction of sp³-hybridized carbons (Fsp3) is 0.647. The summed E-state index contributed by atoms with van der Waals surface area (Å²) < 4.78 is 5.56. The molecule has 2 aliphatic rings. The van der Waals surface area contributed by atoms with Crippen molar-refractivity contribution in [3.05, 3.63) is 23.7 Å². The Kier molecular flexibility index (Phi) is 4.71. The number of primary amides is 1. The van der Waals surface area contributed by atoms with E-state index in [0.29, 0.717) is 24.9 Å². The van der Waals surface area contributed by atoms with Gasteiger partial charge in [-0.25, -0.2) is 0 Å². The van der Waals surface area contributed by atoms with Crippen molar-refractivity contribution in [3.8, 4) is 0 Å². The molecule has 6 heteroatoms. The van der Waals surface area contributed by atoms with Crippen LogP contribution in [0.5, 0.6) is 0 Å². The number of amides is 2. The van der Waals surface area contributed by atoms with Gasteiger partial charge in [0.25, 0.3) is 5.91 Å². The van der Waals surface area contributed by atoms with Crippen LogP contribution < -0.4 is 5.73 Å². The number of nitrogens with zero attached hydrogens (tertiary/aromatic N) is 2. The van der Waals surface area contributed by atoms with Crippen molar-refractivity contribution in [2.24, 2.45) is 5.73 Å². The van der Waals surface area contributed by atoms with Gasteiger partial charge in [0.15, 0.2) is 5.76 Å². The number of rotatable bonds is 4. The van der Waals surface area contributed by atoms with Crippen molar-refractivity contribution in [1.29, 1.82) is 0 Å². The molecule has 2 fully saturated rings. The lowest BCUT2D eigenvalue weighted by Gasteiger charge is -2.38. The molecule has 2 amide bonds. The van der Waals surface area contributed by atoms with E-state index in [0.717, 1.165) is 44.4 Å². The van der Waals surface area contributed by atoms with Gasteiger partial charge in [-0.1, -0.05) is 6.92 Å². The largest absolute Gasteiger partial charge is 0.456 e. The minimum atomic E-state index is -0.219. The normalized spacial score (nSPS) is 23.3.